The molecule has 0 aliphatic carbocycles. The first-order valence-electron chi connectivity index (χ1n) is 7.84. The lowest BCUT2D eigenvalue weighted by Gasteiger charge is -2.35. The van der Waals surface area contributed by atoms with Crippen LogP contribution >= 0.6 is 15.9 Å². The second-order valence-electron chi connectivity index (χ2n) is 5.87. The fourth-order valence-electron chi connectivity index (χ4n) is 3.04. The van der Waals surface area contributed by atoms with Crippen LogP contribution in [0.3, 0.4) is 0 Å². The van der Waals surface area contributed by atoms with Crippen LogP contribution in [0.4, 0.5) is 4.39 Å². The molecule has 138 valence electrons. The molecule has 1 aromatic heterocycles. The molecule has 1 amide bonds. The number of carbonyl (C=O) groups excluding carboxylic acids is 2. The highest BCUT2D eigenvalue weighted by molar-refractivity contribution is 9.10. The van der Waals surface area contributed by atoms with Crippen molar-refractivity contribution in [1.29, 1.82) is 0 Å². The minimum atomic E-state index is -0.586. The quantitative estimate of drug-likeness (QED) is 0.686. The fraction of sp³-hybridized carbons (Fsp3) is 0.353. The summed E-state index contributed by atoms with van der Waals surface area (Å²) in [5.41, 5.74) is 0.582. The zero-order valence-corrected chi connectivity index (χ0v) is 15.8. The summed E-state index contributed by atoms with van der Waals surface area (Å²) < 4.78 is 26.0. The minimum Gasteiger partial charge on any atom is -0.465 e. The maximum Gasteiger partial charge on any atom is 0.338 e. The van der Waals surface area contributed by atoms with Crippen LogP contribution in [0, 0.1) is 5.82 Å². The maximum atomic E-state index is 13.8. The molecule has 1 aromatic carbocycles. The number of halogens is 2. The first kappa shape index (κ1) is 18.5. The SMILES string of the molecule is COC[C@H]1Cn2cc(Br)nc2C(=O)N1Cc1cc(F)ccc1C(=O)OC. The van der Waals surface area contributed by atoms with Crippen LogP contribution in [-0.4, -0.2) is 53.2 Å². The number of benzene rings is 1. The molecular formula is C17H17BrFN3O4. The summed E-state index contributed by atoms with van der Waals surface area (Å²) in [6.45, 7) is 0.819. The lowest BCUT2D eigenvalue weighted by molar-refractivity contribution is 0.0374. The van der Waals surface area contributed by atoms with Gasteiger partial charge in [0.2, 0.25) is 0 Å². The molecule has 0 spiro atoms. The molecule has 9 heteroatoms. The summed E-state index contributed by atoms with van der Waals surface area (Å²) in [7, 11) is 2.80. The Hall–Kier alpha value is -2.26. The van der Waals surface area contributed by atoms with Crippen LogP contribution in [0.15, 0.2) is 29.0 Å². The van der Waals surface area contributed by atoms with Crippen molar-refractivity contribution in [2.75, 3.05) is 20.8 Å². The molecule has 0 fully saturated rings. The van der Waals surface area contributed by atoms with E-state index in [1.165, 1.54) is 25.3 Å². The second-order valence-corrected chi connectivity index (χ2v) is 6.69. The number of methoxy groups -OCH3 is 2. The molecule has 1 atom stereocenters. The van der Waals surface area contributed by atoms with Crippen molar-refractivity contribution >= 4 is 27.8 Å². The lowest BCUT2D eigenvalue weighted by atomic mass is 10.0. The van der Waals surface area contributed by atoms with Crippen LogP contribution in [0.5, 0.6) is 0 Å². The zero-order valence-electron chi connectivity index (χ0n) is 14.2. The Balaban J connectivity index is 1.98. The smallest absolute Gasteiger partial charge is 0.338 e. The van der Waals surface area contributed by atoms with Gasteiger partial charge in [-0.15, -0.1) is 0 Å². The largest absolute Gasteiger partial charge is 0.465 e. The third kappa shape index (κ3) is 3.49. The highest BCUT2D eigenvalue weighted by Gasteiger charge is 2.34. The van der Waals surface area contributed by atoms with Gasteiger partial charge in [0.1, 0.15) is 10.4 Å². The van der Waals surface area contributed by atoms with Crippen LogP contribution in [0.25, 0.3) is 0 Å². The lowest BCUT2D eigenvalue weighted by Crippen LogP contribution is -2.49. The molecule has 0 saturated heterocycles. The van der Waals surface area contributed by atoms with E-state index in [0.717, 1.165) is 0 Å². The number of ether oxygens (including phenoxy) is 2. The molecule has 0 bridgehead atoms. The molecule has 26 heavy (non-hydrogen) atoms. The normalized spacial score (nSPS) is 16.5. The Morgan fingerprint density at radius 2 is 2.19 bits per heavy atom. The zero-order chi connectivity index (χ0) is 18.8. The van der Waals surface area contributed by atoms with Gasteiger partial charge >= 0.3 is 5.97 Å². The van der Waals surface area contributed by atoms with Gasteiger partial charge in [-0.2, -0.15) is 0 Å². The van der Waals surface area contributed by atoms with Gasteiger partial charge in [-0.3, -0.25) is 4.79 Å². The third-order valence-corrected chi connectivity index (χ3v) is 4.60. The summed E-state index contributed by atoms with van der Waals surface area (Å²) in [6.07, 6.45) is 1.73. The Kier molecular flexibility index (Phi) is 5.38. The van der Waals surface area contributed by atoms with E-state index in [4.69, 9.17) is 9.47 Å². The molecule has 3 rings (SSSR count). The summed E-state index contributed by atoms with van der Waals surface area (Å²) in [6, 6.07) is 3.49. The van der Waals surface area contributed by atoms with Crippen molar-refractivity contribution in [3.8, 4) is 0 Å². The van der Waals surface area contributed by atoms with Crippen LogP contribution < -0.4 is 0 Å². The minimum absolute atomic E-state index is 0.0412. The number of carbonyl (C=O) groups is 2. The summed E-state index contributed by atoms with van der Waals surface area (Å²) >= 11 is 3.27. The van der Waals surface area contributed by atoms with E-state index in [1.807, 2.05) is 0 Å². The number of imidazole rings is 1. The summed E-state index contributed by atoms with van der Waals surface area (Å²) in [4.78, 5) is 30.6. The Morgan fingerprint density at radius 3 is 2.88 bits per heavy atom. The van der Waals surface area contributed by atoms with Gasteiger partial charge in [-0.25, -0.2) is 14.2 Å². The number of amides is 1. The number of hydrogen-bond donors (Lipinski definition) is 0. The van der Waals surface area contributed by atoms with E-state index in [0.29, 0.717) is 23.3 Å². The summed E-state index contributed by atoms with van der Waals surface area (Å²) in [5.74, 6) is -1.12. The average Bonchev–Trinajstić information content (AvgIpc) is 2.98. The van der Waals surface area contributed by atoms with Gasteiger partial charge in [0.15, 0.2) is 5.82 Å². The summed E-state index contributed by atoms with van der Waals surface area (Å²) in [5, 5.41) is 0. The first-order valence-corrected chi connectivity index (χ1v) is 8.63. The number of rotatable bonds is 5. The van der Waals surface area contributed by atoms with E-state index in [2.05, 4.69) is 20.9 Å². The number of nitrogens with zero attached hydrogens (tertiary/aromatic N) is 3. The maximum absolute atomic E-state index is 13.8. The Morgan fingerprint density at radius 1 is 1.42 bits per heavy atom. The molecule has 0 unspecified atom stereocenters. The van der Waals surface area contributed by atoms with E-state index >= 15 is 0 Å². The van der Waals surface area contributed by atoms with Gasteiger partial charge in [-0.1, -0.05) is 0 Å². The number of fused-ring (bicyclic) bond motifs is 1. The van der Waals surface area contributed by atoms with Crippen LogP contribution in [0.2, 0.25) is 0 Å². The number of aromatic nitrogens is 2. The Labute approximate surface area is 157 Å². The topological polar surface area (TPSA) is 73.7 Å². The molecule has 7 nitrogen and oxygen atoms in total. The van der Waals surface area contributed by atoms with Gasteiger partial charge in [-0.05, 0) is 39.7 Å². The highest BCUT2D eigenvalue weighted by Crippen LogP contribution is 2.24. The first-order chi connectivity index (χ1) is 12.4. The standard InChI is InChI=1S/C17H17BrFN3O4/c1-25-9-12-7-21-8-14(18)20-15(21)16(23)22(12)6-10-5-11(19)3-4-13(10)17(24)26-2/h3-5,8,12H,6-7,9H2,1-2H3/t12-/m1/s1. The predicted molar refractivity (Wildman–Crippen MR) is 93.2 cm³/mol. The molecule has 2 heterocycles. The number of hydrogen-bond acceptors (Lipinski definition) is 5. The monoisotopic (exact) mass is 425 g/mol. The van der Waals surface area contributed by atoms with Crippen molar-refractivity contribution in [2.24, 2.45) is 0 Å². The number of esters is 1. The highest BCUT2D eigenvalue weighted by atomic mass is 79.9. The third-order valence-electron chi connectivity index (χ3n) is 4.22. The average molecular weight is 426 g/mol. The van der Waals surface area contributed by atoms with Gasteiger partial charge < -0.3 is 18.9 Å². The van der Waals surface area contributed by atoms with E-state index in [-0.39, 0.29) is 29.9 Å². The molecule has 0 saturated carbocycles. The molecule has 1 aliphatic rings. The molecule has 1 aliphatic heterocycles. The molecule has 0 radical (unpaired) electrons. The Bertz CT molecular complexity index is 855. The molecule has 0 N–H and O–H groups in total. The predicted octanol–water partition coefficient (Wildman–Crippen LogP) is 2.24. The van der Waals surface area contributed by atoms with E-state index < -0.39 is 11.8 Å². The van der Waals surface area contributed by atoms with Gasteiger partial charge in [0, 0.05) is 26.4 Å². The van der Waals surface area contributed by atoms with Gasteiger partial charge in [0.25, 0.3) is 5.91 Å². The molecular weight excluding hydrogens is 409 g/mol. The van der Waals surface area contributed by atoms with Crippen molar-refractivity contribution in [3.05, 3.63) is 51.8 Å². The van der Waals surface area contributed by atoms with Gasteiger partial charge in [0.05, 0.1) is 25.3 Å². The van der Waals surface area contributed by atoms with Crippen molar-refractivity contribution in [3.63, 3.8) is 0 Å². The van der Waals surface area contributed by atoms with Crippen molar-refractivity contribution < 1.29 is 23.5 Å². The fourth-order valence-corrected chi connectivity index (χ4v) is 3.45. The molecule has 2 aromatic rings. The van der Waals surface area contributed by atoms with Crippen molar-refractivity contribution in [1.82, 2.24) is 14.5 Å². The van der Waals surface area contributed by atoms with E-state index in [9.17, 15) is 14.0 Å². The van der Waals surface area contributed by atoms with E-state index in [1.54, 1.807) is 22.8 Å². The van der Waals surface area contributed by atoms with Crippen LogP contribution in [0.1, 0.15) is 26.5 Å². The van der Waals surface area contributed by atoms with Crippen molar-refractivity contribution in [2.45, 2.75) is 19.1 Å². The second kappa shape index (κ2) is 7.55. The van der Waals surface area contributed by atoms with Crippen LogP contribution in [-0.2, 0) is 22.6 Å².